The van der Waals surface area contributed by atoms with Gasteiger partial charge in [-0.2, -0.15) is 0 Å². The van der Waals surface area contributed by atoms with Crippen molar-refractivity contribution in [2.45, 2.75) is 63.6 Å². The van der Waals surface area contributed by atoms with Crippen molar-refractivity contribution < 1.29 is 4.42 Å². The largest absolute Gasteiger partial charge is 0.468 e. The molecule has 2 N–H and O–H groups in total. The second kappa shape index (κ2) is 6.10. The highest BCUT2D eigenvalue weighted by molar-refractivity contribution is 5.04. The van der Waals surface area contributed by atoms with Gasteiger partial charge in [-0.25, -0.2) is 0 Å². The van der Waals surface area contributed by atoms with Crippen molar-refractivity contribution >= 4 is 0 Å². The van der Waals surface area contributed by atoms with Gasteiger partial charge >= 0.3 is 0 Å². The van der Waals surface area contributed by atoms with Gasteiger partial charge in [0.2, 0.25) is 0 Å². The predicted molar refractivity (Wildman–Crippen MR) is 77.0 cm³/mol. The molecule has 1 saturated heterocycles. The topological polar surface area (TPSA) is 37.2 Å². The second-order valence-corrected chi connectivity index (χ2v) is 6.16. The lowest BCUT2D eigenvalue weighted by Crippen LogP contribution is -2.47. The number of nitrogens with one attached hydrogen (secondary N) is 2. The standard InChI is InChI=1S/C16H26N2O/c1-12(16-9-5-11-19-16)18-15-8-4-6-13(15)14-7-2-3-10-17-14/h5,9,11-15,17-18H,2-4,6-8,10H2,1H3/t12-,13?,14?,15?/m1/s1. The van der Waals surface area contributed by atoms with Gasteiger partial charge < -0.3 is 15.1 Å². The van der Waals surface area contributed by atoms with Crippen molar-refractivity contribution in [2.75, 3.05) is 6.54 Å². The van der Waals surface area contributed by atoms with E-state index >= 15 is 0 Å². The fourth-order valence-electron chi connectivity index (χ4n) is 3.86. The van der Waals surface area contributed by atoms with Crippen LogP contribution in [0.1, 0.15) is 57.3 Å². The van der Waals surface area contributed by atoms with Crippen molar-refractivity contribution in [3.05, 3.63) is 24.2 Å². The average molecular weight is 262 g/mol. The Morgan fingerprint density at radius 2 is 2.21 bits per heavy atom. The molecule has 4 atom stereocenters. The molecule has 0 amide bonds. The van der Waals surface area contributed by atoms with Gasteiger partial charge in [-0.1, -0.05) is 12.8 Å². The van der Waals surface area contributed by atoms with Gasteiger partial charge in [-0.3, -0.25) is 0 Å². The second-order valence-electron chi connectivity index (χ2n) is 6.16. The van der Waals surface area contributed by atoms with Crippen LogP contribution >= 0.6 is 0 Å². The maximum Gasteiger partial charge on any atom is 0.120 e. The summed E-state index contributed by atoms with van der Waals surface area (Å²) in [5, 5.41) is 7.53. The van der Waals surface area contributed by atoms with E-state index in [-0.39, 0.29) is 0 Å². The summed E-state index contributed by atoms with van der Waals surface area (Å²) in [7, 11) is 0. The molecule has 3 rings (SSSR count). The monoisotopic (exact) mass is 262 g/mol. The third-order valence-corrected chi connectivity index (χ3v) is 4.87. The molecular weight excluding hydrogens is 236 g/mol. The molecule has 0 bridgehead atoms. The first kappa shape index (κ1) is 13.2. The quantitative estimate of drug-likeness (QED) is 0.874. The number of hydrogen-bond donors (Lipinski definition) is 2. The fourth-order valence-corrected chi connectivity index (χ4v) is 3.86. The molecule has 2 fully saturated rings. The Morgan fingerprint density at radius 3 is 2.95 bits per heavy atom. The molecule has 3 heteroatoms. The zero-order chi connectivity index (χ0) is 13.1. The molecule has 1 aliphatic heterocycles. The van der Waals surface area contributed by atoms with Gasteiger partial charge in [0, 0.05) is 12.1 Å². The highest BCUT2D eigenvalue weighted by atomic mass is 16.3. The van der Waals surface area contributed by atoms with Crippen molar-refractivity contribution in [2.24, 2.45) is 5.92 Å². The minimum atomic E-state index is 0.323. The number of hydrogen-bond acceptors (Lipinski definition) is 3. The van der Waals surface area contributed by atoms with Crippen LogP contribution in [0.25, 0.3) is 0 Å². The number of piperidine rings is 1. The maximum absolute atomic E-state index is 5.51. The van der Waals surface area contributed by atoms with E-state index < -0.39 is 0 Å². The van der Waals surface area contributed by atoms with Crippen LogP contribution in [0.4, 0.5) is 0 Å². The van der Waals surface area contributed by atoms with Crippen LogP contribution in [0, 0.1) is 5.92 Å². The number of rotatable bonds is 4. The van der Waals surface area contributed by atoms with Crippen LogP contribution in [-0.4, -0.2) is 18.6 Å². The van der Waals surface area contributed by atoms with Crippen LogP contribution in [0.3, 0.4) is 0 Å². The predicted octanol–water partition coefficient (Wildman–Crippen LogP) is 3.24. The van der Waals surface area contributed by atoms with Crippen LogP contribution in [0.2, 0.25) is 0 Å². The summed E-state index contributed by atoms with van der Waals surface area (Å²) in [5.41, 5.74) is 0. The third-order valence-electron chi connectivity index (χ3n) is 4.87. The Morgan fingerprint density at radius 1 is 1.26 bits per heavy atom. The Kier molecular flexibility index (Phi) is 4.24. The van der Waals surface area contributed by atoms with E-state index in [1.54, 1.807) is 6.26 Å². The molecule has 1 saturated carbocycles. The van der Waals surface area contributed by atoms with E-state index in [0.717, 1.165) is 17.7 Å². The summed E-state index contributed by atoms with van der Waals surface area (Å²) in [6.45, 7) is 3.42. The normalized spacial score (nSPS) is 33.4. The first-order chi connectivity index (χ1) is 9.34. The highest BCUT2D eigenvalue weighted by Gasteiger charge is 2.34. The molecule has 0 spiro atoms. The van der Waals surface area contributed by atoms with Crippen molar-refractivity contribution in [3.8, 4) is 0 Å². The Balaban J connectivity index is 1.59. The zero-order valence-corrected chi connectivity index (χ0v) is 11.9. The molecule has 3 unspecified atom stereocenters. The van der Waals surface area contributed by atoms with E-state index in [9.17, 15) is 0 Å². The van der Waals surface area contributed by atoms with Gasteiger partial charge in [-0.15, -0.1) is 0 Å². The molecule has 0 aromatic carbocycles. The van der Waals surface area contributed by atoms with E-state index in [0.29, 0.717) is 12.1 Å². The van der Waals surface area contributed by atoms with E-state index in [2.05, 4.69) is 23.6 Å². The maximum atomic E-state index is 5.51. The summed E-state index contributed by atoms with van der Waals surface area (Å²) < 4.78 is 5.51. The SMILES string of the molecule is C[C@@H](NC1CCCC1C1CCCCN1)c1ccco1. The van der Waals surface area contributed by atoms with Crippen LogP contribution in [0.5, 0.6) is 0 Å². The van der Waals surface area contributed by atoms with Crippen LogP contribution in [0.15, 0.2) is 22.8 Å². The van der Waals surface area contributed by atoms with E-state index in [1.165, 1.54) is 45.1 Å². The summed E-state index contributed by atoms with van der Waals surface area (Å²) in [6.07, 6.45) is 9.93. The van der Waals surface area contributed by atoms with Crippen LogP contribution < -0.4 is 10.6 Å². The lowest BCUT2D eigenvalue weighted by atomic mass is 9.88. The van der Waals surface area contributed by atoms with E-state index in [1.807, 2.05) is 6.07 Å². The first-order valence-corrected chi connectivity index (χ1v) is 7.87. The first-order valence-electron chi connectivity index (χ1n) is 7.87. The average Bonchev–Trinajstić information content (AvgIpc) is 3.11. The van der Waals surface area contributed by atoms with Crippen LogP contribution in [-0.2, 0) is 0 Å². The molecule has 2 aliphatic rings. The summed E-state index contributed by atoms with van der Waals surface area (Å²) in [4.78, 5) is 0. The van der Waals surface area contributed by atoms with Crippen molar-refractivity contribution in [3.63, 3.8) is 0 Å². The molecule has 3 nitrogen and oxygen atoms in total. The molecule has 2 heterocycles. The molecule has 1 aliphatic carbocycles. The molecule has 19 heavy (non-hydrogen) atoms. The molecular formula is C16H26N2O. The molecule has 1 aromatic heterocycles. The van der Waals surface area contributed by atoms with Gasteiger partial charge in [0.15, 0.2) is 0 Å². The highest BCUT2D eigenvalue weighted by Crippen LogP contribution is 2.33. The molecule has 106 valence electrons. The number of furan rings is 1. The van der Waals surface area contributed by atoms with Gasteiger partial charge in [-0.05, 0) is 57.2 Å². The van der Waals surface area contributed by atoms with Crippen molar-refractivity contribution in [1.29, 1.82) is 0 Å². The Hall–Kier alpha value is -0.800. The third kappa shape index (κ3) is 3.03. The molecule has 0 radical (unpaired) electrons. The molecule has 1 aromatic rings. The lowest BCUT2D eigenvalue weighted by molar-refractivity contribution is 0.243. The summed E-state index contributed by atoms with van der Waals surface area (Å²) >= 11 is 0. The zero-order valence-electron chi connectivity index (χ0n) is 11.9. The lowest BCUT2D eigenvalue weighted by Gasteiger charge is -2.34. The Bertz CT molecular complexity index is 370. The fraction of sp³-hybridized carbons (Fsp3) is 0.750. The minimum absolute atomic E-state index is 0.323. The summed E-state index contributed by atoms with van der Waals surface area (Å²) in [5.74, 6) is 1.86. The van der Waals surface area contributed by atoms with Gasteiger partial charge in [0.05, 0.1) is 12.3 Å². The smallest absolute Gasteiger partial charge is 0.120 e. The van der Waals surface area contributed by atoms with Gasteiger partial charge in [0.1, 0.15) is 5.76 Å². The Labute approximate surface area is 116 Å². The van der Waals surface area contributed by atoms with Gasteiger partial charge in [0.25, 0.3) is 0 Å². The summed E-state index contributed by atoms with van der Waals surface area (Å²) in [6, 6.07) is 5.75. The minimum Gasteiger partial charge on any atom is -0.468 e. The van der Waals surface area contributed by atoms with Crippen molar-refractivity contribution in [1.82, 2.24) is 10.6 Å². The van der Waals surface area contributed by atoms with E-state index in [4.69, 9.17) is 4.42 Å².